The maximum atomic E-state index is 4.36. The Morgan fingerprint density at radius 1 is 1.17 bits per heavy atom. The van der Waals surface area contributed by atoms with E-state index in [0.717, 1.165) is 24.6 Å². The molecule has 96 valence electrons. The van der Waals surface area contributed by atoms with E-state index in [1.165, 1.54) is 0 Å². The molecule has 2 aromatic rings. The monoisotopic (exact) mass is 243 g/mol. The SMILES string of the molecule is CC(C)(C)CCNc1nccn1-c1ccccc1. The third kappa shape index (κ3) is 3.36. The van der Waals surface area contributed by atoms with E-state index in [9.17, 15) is 0 Å². The van der Waals surface area contributed by atoms with Crippen molar-refractivity contribution in [1.29, 1.82) is 0 Å². The van der Waals surface area contributed by atoms with Crippen LogP contribution >= 0.6 is 0 Å². The topological polar surface area (TPSA) is 29.9 Å². The van der Waals surface area contributed by atoms with Crippen LogP contribution in [0.25, 0.3) is 5.69 Å². The van der Waals surface area contributed by atoms with E-state index in [2.05, 4.69) is 47.8 Å². The first-order valence-electron chi connectivity index (χ1n) is 6.39. The first kappa shape index (κ1) is 12.7. The van der Waals surface area contributed by atoms with Crippen LogP contribution in [0.15, 0.2) is 42.7 Å². The molecule has 0 aliphatic rings. The summed E-state index contributed by atoms with van der Waals surface area (Å²) in [7, 11) is 0. The van der Waals surface area contributed by atoms with Crippen molar-refractivity contribution in [3.63, 3.8) is 0 Å². The van der Waals surface area contributed by atoms with Crippen LogP contribution in [0, 0.1) is 5.41 Å². The smallest absolute Gasteiger partial charge is 0.207 e. The molecule has 0 aliphatic heterocycles. The summed E-state index contributed by atoms with van der Waals surface area (Å²) in [4.78, 5) is 4.36. The van der Waals surface area contributed by atoms with Crippen molar-refractivity contribution in [2.24, 2.45) is 5.41 Å². The van der Waals surface area contributed by atoms with Gasteiger partial charge in [-0.15, -0.1) is 0 Å². The van der Waals surface area contributed by atoms with Gasteiger partial charge in [0.2, 0.25) is 5.95 Å². The lowest BCUT2D eigenvalue weighted by Gasteiger charge is -2.18. The number of para-hydroxylation sites is 1. The maximum Gasteiger partial charge on any atom is 0.207 e. The summed E-state index contributed by atoms with van der Waals surface area (Å²) in [6.07, 6.45) is 4.93. The Morgan fingerprint density at radius 3 is 2.56 bits per heavy atom. The van der Waals surface area contributed by atoms with Crippen molar-refractivity contribution < 1.29 is 0 Å². The molecule has 0 saturated carbocycles. The minimum atomic E-state index is 0.344. The van der Waals surface area contributed by atoms with Crippen LogP contribution in [0.1, 0.15) is 27.2 Å². The molecule has 3 heteroatoms. The van der Waals surface area contributed by atoms with Gasteiger partial charge in [-0.1, -0.05) is 39.0 Å². The Hall–Kier alpha value is -1.77. The van der Waals surface area contributed by atoms with Gasteiger partial charge in [0, 0.05) is 24.6 Å². The molecule has 0 spiro atoms. The van der Waals surface area contributed by atoms with Gasteiger partial charge in [0.25, 0.3) is 0 Å². The molecular weight excluding hydrogens is 222 g/mol. The molecule has 0 fully saturated rings. The predicted molar refractivity (Wildman–Crippen MR) is 76.1 cm³/mol. The van der Waals surface area contributed by atoms with Crippen molar-refractivity contribution in [2.45, 2.75) is 27.2 Å². The zero-order chi connectivity index (χ0) is 13.0. The summed E-state index contributed by atoms with van der Waals surface area (Å²) in [6, 6.07) is 10.3. The van der Waals surface area contributed by atoms with Crippen LogP contribution in [0.2, 0.25) is 0 Å². The van der Waals surface area contributed by atoms with Crippen LogP contribution < -0.4 is 5.32 Å². The number of nitrogens with zero attached hydrogens (tertiary/aromatic N) is 2. The van der Waals surface area contributed by atoms with Crippen molar-refractivity contribution >= 4 is 5.95 Å². The van der Waals surface area contributed by atoms with Crippen LogP contribution in [-0.2, 0) is 0 Å². The van der Waals surface area contributed by atoms with Gasteiger partial charge in [-0.25, -0.2) is 4.98 Å². The maximum absolute atomic E-state index is 4.36. The van der Waals surface area contributed by atoms with Gasteiger partial charge in [0.1, 0.15) is 0 Å². The molecule has 1 aromatic carbocycles. The second-order valence-corrected chi connectivity index (χ2v) is 5.69. The lowest BCUT2D eigenvalue weighted by atomic mass is 9.92. The fourth-order valence-electron chi connectivity index (χ4n) is 1.78. The highest BCUT2D eigenvalue weighted by Crippen LogP contribution is 2.19. The van der Waals surface area contributed by atoms with E-state index < -0.39 is 0 Å². The summed E-state index contributed by atoms with van der Waals surface area (Å²) in [5.74, 6) is 0.908. The highest BCUT2D eigenvalue weighted by molar-refractivity contribution is 5.41. The minimum absolute atomic E-state index is 0.344. The molecule has 0 aliphatic carbocycles. The Bertz CT molecular complexity index is 480. The number of rotatable bonds is 4. The van der Waals surface area contributed by atoms with Gasteiger partial charge in [-0.2, -0.15) is 0 Å². The Morgan fingerprint density at radius 2 is 1.89 bits per heavy atom. The molecule has 0 bridgehead atoms. The molecule has 0 radical (unpaired) electrons. The molecule has 0 atom stereocenters. The molecular formula is C15H21N3. The number of hydrogen-bond acceptors (Lipinski definition) is 2. The summed E-state index contributed by atoms with van der Waals surface area (Å²) < 4.78 is 2.07. The second-order valence-electron chi connectivity index (χ2n) is 5.69. The zero-order valence-corrected chi connectivity index (χ0v) is 11.4. The minimum Gasteiger partial charge on any atom is -0.355 e. The van der Waals surface area contributed by atoms with E-state index in [0.29, 0.717) is 5.41 Å². The highest BCUT2D eigenvalue weighted by Gasteiger charge is 2.10. The van der Waals surface area contributed by atoms with Crippen LogP contribution in [-0.4, -0.2) is 16.1 Å². The average Bonchev–Trinajstić information content (AvgIpc) is 2.77. The number of anilines is 1. The van der Waals surface area contributed by atoms with E-state index >= 15 is 0 Å². The molecule has 0 unspecified atom stereocenters. The van der Waals surface area contributed by atoms with E-state index in [1.807, 2.05) is 30.6 Å². The number of aromatic nitrogens is 2. The summed E-state index contributed by atoms with van der Waals surface area (Å²) >= 11 is 0. The van der Waals surface area contributed by atoms with Gasteiger partial charge in [0.15, 0.2) is 0 Å². The molecule has 3 nitrogen and oxygen atoms in total. The van der Waals surface area contributed by atoms with Gasteiger partial charge in [-0.05, 0) is 24.0 Å². The fraction of sp³-hybridized carbons (Fsp3) is 0.400. The van der Waals surface area contributed by atoms with E-state index in [-0.39, 0.29) is 0 Å². The predicted octanol–water partition coefficient (Wildman–Crippen LogP) is 3.72. The lowest BCUT2D eigenvalue weighted by Crippen LogP contribution is -2.14. The second kappa shape index (κ2) is 5.25. The molecule has 0 saturated heterocycles. The number of nitrogens with one attached hydrogen (secondary N) is 1. The van der Waals surface area contributed by atoms with Crippen molar-refractivity contribution in [2.75, 3.05) is 11.9 Å². The van der Waals surface area contributed by atoms with Crippen LogP contribution in [0.3, 0.4) is 0 Å². The summed E-state index contributed by atoms with van der Waals surface area (Å²) in [6.45, 7) is 7.68. The molecule has 1 N–H and O–H groups in total. The first-order valence-corrected chi connectivity index (χ1v) is 6.39. The average molecular weight is 243 g/mol. The number of hydrogen-bond donors (Lipinski definition) is 1. The summed E-state index contributed by atoms with van der Waals surface area (Å²) in [5.41, 5.74) is 1.48. The molecule has 18 heavy (non-hydrogen) atoms. The van der Waals surface area contributed by atoms with Crippen LogP contribution in [0.4, 0.5) is 5.95 Å². The highest BCUT2D eigenvalue weighted by atomic mass is 15.2. The largest absolute Gasteiger partial charge is 0.355 e. The normalized spacial score (nSPS) is 11.5. The van der Waals surface area contributed by atoms with Gasteiger partial charge in [0.05, 0.1) is 0 Å². The Labute approximate surface area is 109 Å². The van der Waals surface area contributed by atoms with Crippen molar-refractivity contribution in [3.8, 4) is 5.69 Å². The van der Waals surface area contributed by atoms with E-state index in [1.54, 1.807) is 0 Å². The van der Waals surface area contributed by atoms with Crippen molar-refractivity contribution in [1.82, 2.24) is 9.55 Å². The Balaban J connectivity index is 2.05. The third-order valence-corrected chi connectivity index (χ3v) is 2.83. The quantitative estimate of drug-likeness (QED) is 0.887. The summed E-state index contributed by atoms with van der Waals surface area (Å²) in [5, 5.41) is 3.40. The molecule has 0 amide bonds. The molecule has 1 aromatic heterocycles. The first-order chi connectivity index (χ1) is 8.56. The van der Waals surface area contributed by atoms with Gasteiger partial charge >= 0.3 is 0 Å². The zero-order valence-electron chi connectivity index (χ0n) is 11.4. The lowest BCUT2D eigenvalue weighted by molar-refractivity contribution is 0.389. The van der Waals surface area contributed by atoms with Crippen LogP contribution in [0.5, 0.6) is 0 Å². The standard InChI is InChI=1S/C15H21N3/c1-15(2,3)9-10-16-14-17-11-12-18(14)13-7-5-4-6-8-13/h4-8,11-12H,9-10H2,1-3H3,(H,16,17). The van der Waals surface area contributed by atoms with Gasteiger partial charge in [-0.3, -0.25) is 4.57 Å². The molecule has 2 rings (SSSR count). The van der Waals surface area contributed by atoms with Gasteiger partial charge < -0.3 is 5.32 Å². The third-order valence-electron chi connectivity index (χ3n) is 2.83. The fourth-order valence-corrected chi connectivity index (χ4v) is 1.78. The number of imidazole rings is 1. The van der Waals surface area contributed by atoms with Crippen molar-refractivity contribution in [3.05, 3.63) is 42.7 Å². The number of benzene rings is 1. The van der Waals surface area contributed by atoms with E-state index in [4.69, 9.17) is 0 Å². The molecule has 1 heterocycles. The Kier molecular flexibility index (Phi) is 3.70.